The minimum absolute atomic E-state index is 0.990. The molecule has 0 aliphatic carbocycles. The molecule has 192 valence electrons. The number of benzene rings is 4. The third-order valence-electron chi connectivity index (χ3n) is 7.95. The van der Waals surface area contributed by atoms with Crippen LogP contribution in [0.3, 0.4) is 0 Å². The minimum Gasteiger partial charge on any atom is -0.0613 e. The van der Waals surface area contributed by atoms with Crippen LogP contribution in [-0.2, 0) is 51.4 Å². The second-order valence-electron chi connectivity index (χ2n) is 10.4. The highest BCUT2D eigenvalue weighted by Crippen LogP contribution is 2.23. The molecule has 0 heteroatoms. The van der Waals surface area contributed by atoms with Gasteiger partial charge in [0.1, 0.15) is 0 Å². The fourth-order valence-corrected chi connectivity index (χ4v) is 5.68. The van der Waals surface area contributed by atoms with Crippen LogP contribution in [-0.4, -0.2) is 0 Å². The summed E-state index contributed by atoms with van der Waals surface area (Å²) >= 11 is 0. The monoisotopic (exact) mass is 488 g/mol. The van der Waals surface area contributed by atoms with Crippen LogP contribution in [0.4, 0.5) is 0 Å². The largest absolute Gasteiger partial charge is 0.0613 e. The molecular weight excluding hydrogens is 444 g/mol. The van der Waals surface area contributed by atoms with Crippen molar-refractivity contribution in [3.8, 4) is 0 Å². The van der Waals surface area contributed by atoms with E-state index >= 15 is 0 Å². The molecular formula is C37H44. The van der Waals surface area contributed by atoms with Gasteiger partial charge in [-0.1, -0.05) is 113 Å². The van der Waals surface area contributed by atoms with E-state index in [1.807, 2.05) is 0 Å². The van der Waals surface area contributed by atoms with Gasteiger partial charge < -0.3 is 0 Å². The van der Waals surface area contributed by atoms with Gasteiger partial charge in [-0.2, -0.15) is 0 Å². The normalized spacial score (nSPS) is 11.2. The average molecular weight is 489 g/mol. The van der Waals surface area contributed by atoms with E-state index in [4.69, 9.17) is 0 Å². The van der Waals surface area contributed by atoms with Gasteiger partial charge in [0.05, 0.1) is 0 Å². The molecule has 4 rings (SSSR count). The molecule has 0 heterocycles. The van der Waals surface area contributed by atoms with E-state index in [1.165, 1.54) is 61.2 Å². The Morgan fingerprint density at radius 2 is 0.595 bits per heavy atom. The molecule has 37 heavy (non-hydrogen) atoms. The van der Waals surface area contributed by atoms with E-state index in [2.05, 4.69) is 113 Å². The molecule has 4 aromatic rings. The lowest BCUT2D eigenvalue weighted by molar-refractivity contribution is 1.01. The molecule has 0 spiro atoms. The standard InChI is InChI=1S/C37H44/c1-6-32-18-15-29(23-34(32)8-3)21-27-11-13-28(14-12-27)22-30-17-20-37(36(10-5)24-30)26-31-16-19-33(7-2)35(9-4)25-31/h11-20,23-25H,6-10,21-22,26H2,1-5H3. The highest BCUT2D eigenvalue weighted by atomic mass is 14.1. The van der Waals surface area contributed by atoms with Crippen LogP contribution in [0.15, 0.2) is 78.9 Å². The first-order chi connectivity index (χ1) is 18.1. The summed E-state index contributed by atoms with van der Waals surface area (Å²) in [6.45, 7) is 11.3. The van der Waals surface area contributed by atoms with Crippen LogP contribution in [0.2, 0.25) is 0 Å². The van der Waals surface area contributed by atoms with Gasteiger partial charge in [0.15, 0.2) is 0 Å². The second kappa shape index (κ2) is 12.9. The Kier molecular flexibility index (Phi) is 9.40. The van der Waals surface area contributed by atoms with E-state index in [9.17, 15) is 0 Å². The molecule has 0 amide bonds. The van der Waals surface area contributed by atoms with Crippen LogP contribution in [0.5, 0.6) is 0 Å². The molecule has 0 saturated heterocycles. The maximum absolute atomic E-state index is 2.44. The zero-order chi connectivity index (χ0) is 26.2. The number of hydrogen-bond donors (Lipinski definition) is 0. The predicted octanol–water partition coefficient (Wildman–Crippen LogP) is 9.27. The Morgan fingerprint density at radius 3 is 0.973 bits per heavy atom. The van der Waals surface area contributed by atoms with Crippen molar-refractivity contribution in [2.45, 2.75) is 86.0 Å². The molecule has 0 radical (unpaired) electrons. The smallest absolute Gasteiger partial charge is 0.00229 e. The van der Waals surface area contributed by atoms with Crippen molar-refractivity contribution < 1.29 is 0 Å². The molecule has 0 saturated carbocycles. The molecule has 0 aliphatic rings. The summed E-state index contributed by atoms with van der Waals surface area (Å²) in [7, 11) is 0. The Morgan fingerprint density at radius 1 is 0.297 bits per heavy atom. The van der Waals surface area contributed by atoms with Crippen LogP contribution >= 0.6 is 0 Å². The summed E-state index contributed by atoms with van der Waals surface area (Å²) in [5, 5.41) is 0. The predicted molar refractivity (Wildman–Crippen MR) is 161 cm³/mol. The molecule has 0 aromatic heterocycles. The quantitative estimate of drug-likeness (QED) is 0.197. The maximum Gasteiger partial charge on any atom is -0.00229 e. The Hall–Kier alpha value is -3.12. The van der Waals surface area contributed by atoms with E-state index < -0.39 is 0 Å². The van der Waals surface area contributed by atoms with Gasteiger partial charge >= 0.3 is 0 Å². The third-order valence-corrected chi connectivity index (χ3v) is 7.95. The summed E-state index contributed by atoms with van der Waals surface area (Å²) in [6, 6.07) is 30.5. The Labute approximate surface area is 225 Å². The number of hydrogen-bond acceptors (Lipinski definition) is 0. The summed E-state index contributed by atoms with van der Waals surface area (Å²) in [6.07, 6.45) is 8.55. The van der Waals surface area contributed by atoms with Gasteiger partial charge in [0, 0.05) is 0 Å². The first kappa shape index (κ1) is 26.9. The Bertz CT molecular complexity index is 1310. The first-order valence-corrected chi connectivity index (χ1v) is 14.5. The summed E-state index contributed by atoms with van der Waals surface area (Å²) in [5.74, 6) is 0. The minimum atomic E-state index is 0.990. The van der Waals surface area contributed by atoms with Crippen molar-refractivity contribution in [2.75, 3.05) is 0 Å². The molecule has 0 atom stereocenters. The van der Waals surface area contributed by atoms with Crippen molar-refractivity contribution in [1.82, 2.24) is 0 Å². The van der Waals surface area contributed by atoms with Gasteiger partial charge in [0.2, 0.25) is 0 Å². The second-order valence-corrected chi connectivity index (χ2v) is 10.4. The number of rotatable bonds is 11. The van der Waals surface area contributed by atoms with Gasteiger partial charge in [-0.15, -0.1) is 0 Å². The molecule has 0 fully saturated rings. The SMILES string of the molecule is CCc1ccc(Cc2ccc(Cc3ccc(Cc4ccc(CC)c(CC)c4)c(CC)c3)cc2)cc1CC. The summed E-state index contributed by atoms with van der Waals surface area (Å²) in [4.78, 5) is 0. The van der Waals surface area contributed by atoms with Crippen LogP contribution < -0.4 is 0 Å². The number of aryl methyl sites for hydroxylation is 5. The lowest BCUT2D eigenvalue weighted by Crippen LogP contribution is -2.00. The van der Waals surface area contributed by atoms with E-state index in [1.54, 1.807) is 0 Å². The fraction of sp³-hybridized carbons (Fsp3) is 0.351. The van der Waals surface area contributed by atoms with E-state index in [0.717, 1.165) is 51.4 Å². The van der Waals surface area contributed by atoms with E-state index in [-0.39, 0.29) is 0 Å². The average Bonchev–Trinajstić information content (AvgIpc) is 2.94. The topological polar surface area (TPSA) is 0 Å². The first-order valence-electron chi connectivity index (χ1n) is 14.5. The molecule has 0 aliphatic heterocycles. The van der Waals surface area contributed by atoms with Gasteiger partial charge in [-0.3, -0.25) is 0 Å². The van der Waals surface area contributed by atoms with Crippen molar-refractivity contribution in [3.05, 3.63) is 140 Å². The third kappa shape index (κ3) is 6.80. The zero-order valence-corrected chi connectivity index (χ0v) is 23.7. The van der Waals surface area contributed by atoms with Crippen LogP contribution in [0, 0.1) is 0 Å². The van der Waals surface area contributed by atoms with Gasteiger partial charge in [-0.05, 0) is 113 Å². The lowest BCUT2D eigenvalue weighted by Gasteiger charge is -2.13. The lowest BCUT2D eigenvalue weighted by atomic mass is 9.92. The molecule has 0 nitrogen and oxygen atoms in total. The van der Waals surface area contributed by atoms with E-state index in [0.29, 0.717) is 0 Å². The van der Waals surface area contributed by atoms with Crippen molar-refractivity contribution in [3.63, 3.8) is 0 Å². The summed E-state index contributed by atoms with van der Waals surface area (Å²) in [5.41, 5.74) is 16.0. The molecule has 0 unspecified atom stereocenters. The highest BCUT2D eigenvalue weighted by molar-refractivity contribution is 5.41. The maximum atomic E-state index is 2.44. The molecule has 4 aromatic carbocycles. The Balaban J connectivity index is 1.44. The zero-order valence-electron chi connectivity index (χ0n) is 23.7. The van der Waals surface area contributed by atoms with Crippen LogP contribution in [0.1, 0.15) is 95.8 Å². The molecule has 0 N–H and O–H groups in total. The van der Waals surface area contributed by atoms with Crippen molar-refractivity contribution in [1.29, 1.82) is 0 Å². The highest BCUT2D eigenvalue weighted by Gasteiger charge is 2.08. The van der Waals surface area contributed by atoms with Crippen molar-refractivity contribution >= 4 is 0 Å². The van der Waals surface area contributed by atoms with Crippen molar-refractivity contribution in [2.24, 2.45) is 0 Å². The van der Waals surface area contributed by atoms with Gasteiger partial charge in [-0.25, -0.2) is 0 Å². The van der Waals surface area contributed by atoms with Gasteiger partial charge in [0.25, 0.3) is 0 Å². The molecule has 0 bridgehead atoms. The fourth-order valence-electron chi connectivity index (χ4n) is 5.68. The summed E-state index contributed by atoms with van der Waals surface area (Å²) < 4.78 is 0. The van der Waals surface area contributed by atoms with Crippen LogP contribution in [0.25, 0.3) is 0 Å².